The molecule has 0 radical (unpaired) electrons. The number of ether oxygens (including phenoxy) is 1. The normalized spacial score (nSPS) is 16.0. The second-order valence-electron chi connectivity index (χ2n) is 10.5. The van der Waals surface area contributed by atoms with Gasteiger partial charge in [0.2, 0.25) is 0 Å². The average molecular weight is 552 g/mol. The predicted octanol–water partition coefficient (Wildman–Crippen LogP) is 3.23. The lowest BCUT2D eigenvalue weighted by Gasteiger charge is -2.36. The number of carbonyl (C=O) groups is 3. The fraction of sp³-hybridized carbons (Fsp3) is 0.281. The summed E-state index contributed by atoms with van der Waals surface area (Å²) in [7, 11) is 1.60. The van der Waals surface area contributed by atoms with Gasteiger partial charge in [0.15, 0.2) is 0 Å². The van der Waals surface area contributed by atoms with Gasteiger partial charge in [0.05, 0.1) is 12.7 Å². The molecular formula is C32H33N5O4. The monoisotopic (exact) mass is 551 g/mol. The Balaban J connectivity index is 1.08. The van der Waals surface area contributed by atoms with Crippen molar-refractivity contribution < 1.29 is 19.1 Å². The van der Waals surface area contributed by atoms with Gasteiger partial charge in [-0.05, 0) is 53.2 Å². The summed E-state index contributed by atoms with van der Waals surface area (Å²) in [6.07, 6.45) is 0. The first-order chi connectivity index (χ1) is 19.9. The number of hydrogen-bond acceptors (Lipinski definition) is 7. The minimum Gasteiger partial charge on any atom is -0.496 e. The molecule has 2 heterocycles. The molecule has 4 aromatic carbocycles. The van der Waals surface area contributed by atoms with Gasteiger partial charge >= 0.3 is 0 Å². The standard InChI is InChI=1S/C32H33N5O4/c1-41-27-11-10-25-28-26(27)20-22-4-2-3-5-24(22)29(28)32(40)37(31(25)39)19-18-36-16-14-35(15-17-36)13-12-34-30(38)21-6-8-23(33)9-7-21/h2-11,20H,12-19,33H2,1H3,(H,34,38). The van der Waals surface area contributed by atoms with E-state index in [4.69, 9.17) is 10.5 Å². The molecule has 3 N–H and O–H groups in total. The SMILES string of the molecule is COc1ccc2c3c(c4ccccc4cc13)C(=O)N(CCN1CCN(CCNC(=O)c3ccc(N)cc3)CC1)C2=O. The molecule has 9 nitrogen and oxygen atoms in total. The lowest BCUT2D eigenvalue weighted by molar-refractivity contribution is 0.0572. The first-order valence-electron chi connectivity index (χ1n) is 13.9. The van der Waals surface area contributed by atoms with Crippen LogP contribution in [0.5, 0.6) is 5.75 Å². The number of nitrogens with zero attached hydrogens (tertiary/aromatic N) is 3. The van der Waals surface area contributed by atoms with Crippen LogP contribution in [0, 0.1) is 0 Å². The van der Waals surface area contributed by atoms with E-state index in [1.165, 1.54) is 4.90 Å². The van der Waals surface area contributed by atoms with Gasteiger partial charge in [-0.25, -0.2) is 0 Å². The Hall–Kier alpha value is -4.47. The molecule has 2 aliphatic rings. The highest BCUT2D eigenvalue weighted by atomic mass is 16.5. The molecule has 0 saturated carbocycles. The maximum atomic E-state index is 13.8. The zero-order valence-corrected chi connectivity index (χ0v) is 23.1. The molecule has 2 aliphatic heterocycles. The number of imide groups is 1. The highest BCUT2D eigenvalue weighted by molar-refractivity contribution is 6.31. The van der Waals surface area contributed by atoms with E-state index in [2.05, 4.69) is 15.1 Å². The van der Waals surface area contributed by atoms with Crippen LogP contribution in [0.4, 0.5) is 5.69 Å². The Bertz CT molecular complexity index is 1640. The summed E-state index contributed by atoms with van der Waals surface area (Å²) >= 11 is 0. The lowest BCUT2D eigenvalue weighted by atomic mass is 9.89. The van der Waals surface area contributed by atoms with Gasteiger partial charge in [-0.1, -0.05) is 24.3 Å². The summed E-state index contributed by atoms with van der Waals surface area (Å²) in [6.45, 7) is 5.62. The smallest absolute Gasteiger partial charge is 0.262 e. The van der Waals surface area contributed by atoms with Crippen LogP contribution in [0.2, 0.25) is 0 Å². The third-order valence-corrected chi connectivity index (χ3v) is 8.13. The molecule has 6 rings (SSSR count). The molecule has 0 unspecified atom stereocenters. The maximum absolute atomic E-state index is 13.8. The summed E-state index contributed by atoms with van der Waals surface area (Å²) in [6, 6.07) is 20.2. The third-order valence-electron chi connectivity index (χ3n) is 8.13. The van der Waals surface area contributed by atoms with E-state index < -0.39 is 0 Å². The van der Waals surface area contributed by atoms with Crippen LogP contribution in [0.25, 0.3) is 21.5 Å². The van der Waals surface area contributed by atoms with Crippen LogP contribution in [-0.2, 0) is 0 Å². The van der Waals surface area contributed by atoms with E-state index in [0.717, 1.165) is 48.9 Å². The van der Waals surface area contributed by atoms with Crippen molar-refractivity contribution in [2.75, 3.05) is 65.2 Å². The van der Waals surface area contributed by atoms with Gasteiger partial charge in [0.25, 0.3) is 17.7 Å². The Kier molecular flexibility index (Phi) is 7.30. The van der Waals surface area contributed by atoms with Crippen molar-refractivity contribution in [3.8, 4) is 5.75 Å². The lowest BCUT2D eigenvalue weighted by Crippen LogP contribution is -2.51. The maximum Gasteiger partial charge on any atom is 0.262 e. The number of nitrogen functional groups attached to an aromatic ring is 1. The number of rotatable bonds is 8. The predicted molar refractivity (Wildman–Crippen MR) is 159 cm³/mol. The van der Waals surface area contributed by atoms with E-state index >= 15 is 0 Å². The molecular weight excluding hydrogens is 518 g/mol. The number of nitrogens with one attached hydrogen (secondary N) is 1. The number of methoxy groups -OCH3 is 1. The van der Waals surface area contributed by atoms with Gasteiger partial charge in [-0.15, -0.1) is 0 Å². The Labute approximate surface area is 238 Å². The van der Waals surface area contributed by atoms with Crippen molar-refractivity contribution in [2.45, 2.75) is 0 Å². The van der Waals surface area contributed by atoms with Gasteiger partial charge < -0.3 is 15.8 Å². The molecule has 1 fully saturated rings. The Morgan fingerprint density at radius 3 is 2.29 bits per heavy atom. The molecule has 9 heteroatoms. The number of nitrogens with two attached hydrogens (primary N) is 1. The van der Waals surface area contributed by atoms with Crippen molar-refractivity contribution in [3.63, 3.8) is 0 Å². The van der Waals surface area contributed by atoms with E-state index in [-0.39, 0.29) is 17.7 Å². The van der Waals surface area contributed by atoms with Crippen molar-refractivity contribution in [3.05, 3.63) is 83.4 Å². The number of amides is 3. The number of hydrogen-bond donors (Lipinski definition) is 2. The fourth-order valence-corrected chi connectivity index (χ4v) is 5.85. The molecule has 0 aliphatic carbocycles. The molecule has 0 aromatic heterocycles. The van der Waals surface area contributed by atoms with E-state index in [9.17, 15) is 14.4 Å². The van der Waals surface area contributed by atoms with Crippen LogP contribution < -0.4 is 15.8 Å². The first kappa shape index (κ1) is 26.7. The number of anilines is 1. The third kappa shape index (κ3) is 5.10. The number of carbonyl (C=O) groups excluding carboxylic acids is 3. The van der Waals surface area contributed by atoms with Gasteiger partial charge in [0.1, 0.15) is 5.75 Å². The molecule has 0 spiro atoms. The molecule has 41 heavy (non-hydrogen) atoms. The highest BCUT2D eigenvalue weighted by Crippen LogP contribution is 2.39. The van der Waals surface area contributed by atoms with E-state index in [1.54, 1.807) is 43.5 Å². The zero-order valence-electron chi connectivity index (χ0n) is 23.1. The highest BCUT2D eigenvalue weighted by Gasteiger charge is 2.35. The summed E-state index contributed by atoms with van der Waals surface area (Å²) in [5, 5.41) is 6.20. The topological polar surface area (TPSA) is 108 Å². The van der Waals surface area contributed by atoms with E-state index in [0.29, 0.717) is 53.1 Å². The van der Waals surface area contributed by atoms with Crippen molar-refractivity contribution in [1.29, 1.82) is 0 Å². The zero-order chi connectivity index (χ0) is 28.5. The fourth-order valence-electron chi connectivity index (χ4n) is 5.85. The Morgan fingerprint density at radius 2 is 1.56 bits per heavy atom. The minimum atomic E-state index is -0.263. The quantitative estimate of drug-likeness (QED) is 0.197. The van der Waals surface area contributed by atoms with Gasteiger partial charge in [0, 0.05) is 79.9 Å². The summed E-state index contributed by atoms with van der Waals surface area (Å²) in [5.74, 6) is 0.0180. The molecule has 3 amide bonds. The number of benzene rings is 4. The second-order valence-corrected chi connectivity index (χ2v) is 10.5. The van der Waals surface area contributed by atoms with Crippen LogP contribution in [0.1, 0.15) is 31.1 Å². The van der Waals surface area contributed by atoms with Crippen LogP contribution in [0.3, 0.4) is 0 Å². The average Bonchev–Trinajstić information content (AvgIpc) is 2.99. The van der Waals surface area contributed by atoms with Gasteiger partial charge in [-0.2, -0.15) is 0 Å². The number of piperazine rings is 1. The summed E-state index contributed by atoms with van der Waals surface area (Å²) in [4.78, 5) is 45.7. The van der Waals surface area contributed by atoms with Crippen LogP contribution in [0.15, 0.2) is 66.7 Å². The van der Waals surface area contributed by atoms with Crippen molar-refractivity contribution in [1.82, 2.24) is 20.0 Å². The molecule has 4 aromatic rings. The van der Waals surface area contributed by atoms with Gasteiger partial charge in [-0.3, -0.25) is 29.1 Å². The number of fused-ring (bicyclic) bond motifs is 2. The van der Waals surface area contributed by atoms with Crippen molar-refractivity contribution >= 4 is 45.0 Å². The molecule has 210 valence electrons. The van der Waals surface area contributed by atoms with E-state index in [1.807, 2.05) is 30.3 Å². The summed E-state index contributed by atoms with van der Waals surface area (Å²) in [5.41, 5.74) is 8.02. The van der Waals surface area contributed by atoms with Crippen LogP contribution in [-0.4, -0.2) is 91.9 Å². The minimum absolute atomic E-state index is 0.108. The Morgan fingerprint density at radius 1 is 0.854 bits per heavy atom. The molecule has 0 bridgehead atoms. The molecule has 0 atom stereocenters. The molecule has 1 saturated heterocycles. The van der Waals surface area contributed by atoms with Crippen LogP contribution >= 0.6 is 0 Å². The first-order valence-corrected chi connectivity index (χ1v) is 13.9. The largest absolute Gasteiger partial charge is 0.496 e. The van der Waals surface area contributed by atoms with Crippen molar-refractivity contribution in [2.24, 2.45) is 0 Å². The summed E-state index contributed by atoms with van der Waals surface area (Å²) < 4.78 is 5.58. The second kappa shape index (κ2) is 11.2.